The molecule has 5 heteroatoms. The molecular formula is C8H16O3Si2. The molecule has 0 aromatic rings. The van der Waals surface area contributed by atoms with E-state index >= 15 is 0 Å². The Kier molecular flexibility index (Phi) is 2.42. The maximum Gasteiger partial charge on any atom is 0.504 e. The third-order valence-corrected chi connectivity index (χ3v) is 10.1. The van der Waals surface area contributed by atoms with Gasteiger partial charge in [0.1, 0.15) is 0 Å². The molecule has 0 radical (unpaired) electrons. The minimum atomic E-state index is -4.12. The third kappa shape index (κ3) is 1.58. The summed E-state index contributed by atoms with van der Waals surface area (Å²) in [7, 11) is -5.99. The van der Waals surface area contributed by atoms with Crippen LogP contribution in [0.5, 0.6) is 0 Å². The van der Waals surface area contributed by atoms with Crippen LogP contribution in [-0.4, -0.2) is 31.3 Å². The quantitative estimate of drug-likeness (QED) is 0.594. The molecule has 0 bridgehead atoms. The monoisotopic (exact) mass is 216 g/mol. The topological polar surface area (TPSA) is 60.7 Å². The smallest absolute Gasteiger partial charge is 0.389 e. The van der Waals surface area contributed by atoms with Crippen LogP contribution in [0.2, 0.25) is 24.3 Å². The summed E-state index contributed by atoms with van der Waals surface area (Å²) in [5.41, 5.74) is 0. The third-order valence-electron chi connectivity index (χ3n) is 2.63. The summed E-state index contributed by atoms with van der Waals surface area (Å²) < 4.78 is -0.847. The second kappa shape index (κ2) is 2.89. The van der Waals surface area contributed by atoms with Crippen molar-refractivity contribution >= 4 is 16.9 Å². The van der Waals surface area contributed by atoms with Crippen molar-refractivity contribution in [2.45, 2.75) is 24.3 Å². The molecule has 0 fully saturated rings. The van der Waals surface area contributed by atoms with Crippen molar-refractivity contribution in [3.8, 4) is 0 Å². The zero-order valence-electron chi connectivity index (χ0n) is 8.15. The van der Waals surface area contributed by atoms with Gasteiger partial charge in [0, 0.05) is 0 Å². The van der Waals surface area contributed by atoms with Crippen molar-refractivity contribution in [3.63, 3.8) is 0 Å². The Morgan fingerprint density at radius 3 is 1.46 bits per heavy atom. The summed E-state index contributed by atoms with van der Waals surface area (Å²) in [6.45, 7) is 6.03. The van der Waals surface area contributed by atoms with Crippen LogP contribution in [0.15, 0.2) is 24.3 Å². The van der Waals surface area contributed by atoms with E-state index in [0.29, 0.717) is 0 Å². The van der Waals surface area contributed by atoms with Gasteiger partial charge in [-0.1, -0.05) is 43.9 Å². The first kappa shape index (κ1) is 10.9. The largest absolute Gasteiger partial charge is 0.504 e. The average Bonchev–Trinajstić information content (AvgIpc) is 2.28. The fourth-order valence-corrected chi connectivity index (χ4v) is 7.55. The fraction of sp³-hybridized carbons (Fsp3) is 0.500. The molecule has 1 rings (SSSR count). The minimum Gasteiger partial charge on any atom is -0.389 e. The van der Waals surface area contributed by atoms with Gasteiger partial charge in [0.2, 0.25) is 0 Å². The molecule has 3 N–H and O–H groups in total. The highest BCUT2D eigenvalue weighted by molar-refractivity contribution is 6.93. The van der Waals surface area contributed by atoms with E-state index in [2.05, 4.69) is 0 Å². The highest BCUT2D eigenvalue weighted by atomic mass is 28.4. The van der Waals surface area contributed by atoms with E-state index in [1.54, 1.807) is 24.3 Å². The molecule has 0 aliphatic heterocycles. The van der Waals surface area contributed by atoms with Crippen molar-refractivity contribution in [2.24, 2.45) is 0 Å². The minimum absolute atomic E-state index is 0.847. The SMILES string of the molecule is C[Si](C)(C)C1([Si](O)(O)O)C=CC=C1. The lowest BCUT2D eigenvalue weighted by molar-refractivity contribution is 0.216. The zero-order valence-corrected chi connectivity index (χ0v) is 10.2. The van der Waals surface area contributed by atoms with Crippen molar-refractivity contribution in [1.29, 1.82) is 0 Å². The molecule has 3 nitrogen and oxygen atoms in total. The van der Waals surface area contributed by atoms with Crippen LogP contribution in [0.3, 0.4) is 0 Å². The van der Waals surface area contributed by atoms with Gasteiger partial charge in [0.25, 0.3) is 0 Å². The number of rotatable bonds is 2. The lowest BCUT2D eigenvalue weighted by Crippen LogP contribution is -2.58. The van der Waals surface area contributed by atoms with Crippen molar-refractivity contribution < 1.29 is 14.4 Å². The summed E-state index contributed by atoms with van der Waals surface area (Å²) in [5.74, 6) is 0. The molecule has 0 aromatic carbocycles. The first-order chi connectivity index (χ1) is 5.71. The number of allylic oxidation sites excluding steroid dienone is 4. The fourth-order valence-electron chi connectivity index (χ4n) is 1.70. The summed E-state index contributed by atoms with van der Waals surface area (Å²) in [6, 6.07) is 0. The molecule has 74 valence electrons. The van der Waals surface area contributed by atoms with Crippen LogP contribution in [-0.2, 0) is 0 Å². The summed E-state index contributed by atoms with van der Waals surface area (Å²) in [6.07, 6.45) is 6.99. The van der Waals surface area contributed by atoms with Gasteiger partial charge in [-0.15, -0.1) is 0 Å². The van der Waals surface area contributed by atoms with Gasteiger partial charge in [-0.3, -0.25) is 0 Å². The van der Waals surface area contributed by atoms with E-state index in [4.69, 9.17) is 0 Å². The van der Waals surface area contributed by atoms with E-state index in [1.807, 2.05) is 19.6 Å². The second-order valence-electron chi connectivity index (χ2n) is 4.47. The van der Waals surface area contributed by atoms with Crippen LogP contribution in [0, 0.1) is 0 Å². The molecule has 0 aromatic heterocycles. The van der Waals surface area contributed by atoms with Crippen LogP contribution < -0.4 is 0 Å². The molecule has 1 aliphatic rings. The number of hydrogen-bond acceptors (Lipinski definition) is 3. The average molecular weight is 216 g/mol. The second-order valence-corrected chi connectivity index (χ2v) is 12.4. The summed E-state index contributed by atoms with van der Waals surface area (Å²) in [5, 5.41) is 0. The van der Waals surface area contributed by atoms with Crippen LogP contribution >= 0.6 is 0 Å². The normalized spacial score (nSPS) is 21.1. The first-order valence-electron chi connectivity index (χ1n) is 4.25. The van der Waals surface area contributed by atoms with Gasteiger partial charge in [0.15, 0.2) is 0 Å². The molecule has 0 amide bonds. The maximum atomic E-state index is 9.49. The Hall–Kier alpha value is -0.206. The van der Waals surface area contributed by atoms with Crippen LogP contribution in [0.4, 0.5) is 0 Å². The maximum absolute atomic E-state index is 9.49. The molecule has 0 spiro atoms. The molecule has 0 saturated heterocycles. The molecule has 13 heavy (non-hydrogen) atoms. The van der Waals surface area contributed by atoms with Gasteiger partial charge < -0.3 is 14.4 Å². The number of hydrogen-bond donors (Lipinski definition) is 3. The zero-order chi connectivity index (χ0) is 10.3. The molecule has 1 aliphatic carbocycles. The molecular weight excluding hydrogens is 200 g/mol. The predicted octanol–water partition coefficient (Wildman–Crippen LogP) is 0.646. The van der Waals surface area contributed by atoms with E-state index in [0.717, 1.165) is 0 Å². The molecule has 0 heterocycles. The summed E-state index contributed by atoms with van der Waals surface area (Å²) in [4.78, 5) is 28.5. The van der Waals surface area contributed by atoms with Crippen LogP contribution in [0.1, 0.15) is 0 Å². The molecule has 0 saturated carbocycles. The Bertz CT molecular complexity index is 230. The van der Waals surface area contributed by atoms with Crippen molar-refractivity contribution in [2.75, 3.05) is 0 Å². The van der Waals surface area contributed by atoms with E-state index in [-0.39, 0.29) is 0 Å². The van der Waals surface area contributed by atoms with Gasteiger partial charge in [0.05, 0.1) is 12.7 Å². The van der Waals surface area contributed by atoms with Crippen molar-refractivity contribution in [1.82, 2.24) is 0 Å². The highest BCUT2D eigenvalue weighted by Gasteiger charge is 2.59. The van der Waals surface area contributed by atoms with Gasteiger partial charge in [-0.05, 0) is 0 Å². The van der Waals surface area contributed by atoms with Crippen molar-refractivity contribution in [3.05, 3.63) is 24.3 Å². The highest BCUT2D eigenvalue weighted by Crippen LogP contribution is 2.48. The lowest BCUT2D eigenvalue weighted by atomic mass is 10.4. The van der Waals surface area contributed by atoms with E-state index in [9.17, 15) is 14.4 Å². The lowest BCUT2D eigenvalue weighted by Gasteiger charge is -2.40. The molecule has 0 unspecified atom stereocenters. The Labute approximate surface area is 80.4 Å². The van der Waals surface area contributed by atoms with Crippen LogP contribution in [0.25, 0.3) is 0 Å². The Morgan fingerprint density at radius 1 is 0.923 bits per heavy atom. The Morgan fingerprint density at radius 2 is 1.31 bits per heavy atom. The predicted molar refractivity (Wildman–Crippen MR) is 56.7 cm³/mol. The molecule has 0 atom stereocenters. The first-order valence-corrected chi connectivity index (χ1v) is 9.59. The van der Waals surface area contributed by atoms with Gasteiger partial charge in [-0.25, -0.2) is 0 Å². The van der Waals surface area contributed by atoms with Gasteiger partial charge >= 0.3 is 8.80 Å². The summed E-state index contributed by atoms with van der Waals surface area (Å²) >= 11 is 0. The standard InChI is InChI=1S/C8H16O3Si2/c1-12(2,3)8(13(9,10)11)6-4-5-7-8/h4-7,9-11H,1-3H3. The van der Waals surface area contributed by atoms with Gasteiger partial charge in [-0.2, -0.15) is 0 Å². The van der Waals surface area contributed by atoms with E-state index < -0.39 is 21.5 Å². The Balaban J connectivity index is 3.19. The van der Waals surface area contributed by atoms with E-state index in [1.165, 1.54) is 0 Å².